The Labute approximate surface area is 171 Å². The summed E-state index contributed by atoms with van der Waals surface area (Å²) >= 11 is 0. The first-order chi connectivity index (χ1) is 14.1. The molecular weight excluding hydrogens is 364 g/mol. The summed E-state index contributed by atoms with van der Waals surface area (Å²) < 4.78 is 5.17. The Bertz CT molecular complexity index is 927. The highest BCUT2D eigenvalue weighted by Gasteiger charge is 2.10. The zero-order valence-electron chi connectivity index (χ0n) is 16.8. The van der Waals surface area contributed by atoms with Crippen molar-refractivity contribution in [2.75, 3.05) is 19.0 Å². The second-order valence-electron chi connectivity index (χ2n) is 6.76. The molecule has 0 aliphatic rings. The van der Waals surface area contributed by atoms with Crippen LogP contribution >= 0.6 is 0 Å². The zero-order valence-corrected chi connectivity index (χ0v) is 16.8. The van der Waals surface area contributed by atoms with E-state index in [1.165, 1.54) is 5.56 Å². The third-order valence-corrected chi connectivity index (χ3v) is 4.47. The minimum atomic E-state index is -0.184. The fraction of sp³-hybridized carbons (Fsp3) is 0.261. The second-order valence-corrected chi connectivity index (χ2v) is 6.76. The summed E-state index contributed by atoms with van der Waals surface area (Å²) in [6.45, 7) is 3.02. The Balaban J connectivity index is 1.52. The van der Waals surface area contributed by atoms with E-state index in [9.17, 15) is 4.79 Å². The summed E-state index contributed by atoms with van der Waals surface area (Å²) in [6.07, 6.45) is 1.81. The molecule has 0 fully saturated rings. The van der Waals surface area contributed by atoms with Crippen molar-refractivity contribution in [1.82, 2.24) is 15.3 Å². The van der Waals surface area contributed by atoms with E-state index in [0.717, 1.165) is 29.8 Å². The number of anilines is 1. The van der Waals surface area contributed by atoms with E-state index in [-0.39, 0.29) is 5.91 Å². The number of hydrogen-bond acceptors (Lipinski definition) is 5. The van der Waals surface area contributed by atoms with Crippen molar-refractivity contribution in [3.63, 3.8) is 0 Å². The molecule has 150 valence electrons. The molecule has 0 spiro atoms. The van der Waals surface area contributed by atoms with Gasteiger partial charge in [0.25, 0.3) is 5.91 Å². The number of nitrogens with zero attached hydrogens (tertiary/aromatic N) is 2. The predicted octanol–water partition coefficient (Wildman–Crippen LogP) is 3.77. The molecule has 3 aromatic rings. The summed E-state index contributed by atoms with van der Waals surface area (Å²) in [7, 11) is 1.64. The van der Waals surface area contributed by atoms with E-state index >= 15 is 0 Å². The molecule has 2 aromatic carbocycles. The summed E-state index contributed by atoms with van der Waals surface area (Å²) in [4.78, 5) is 21.2. The quantitative estimate of drug-likeness (QED) is 0.544. The Morgan fingerprint density at radius 1 is 1.00 bits per heavy atom. The molecule has 0 unspecified atom stereocenters. The first-order valence-corrected chi connectivity index (χ1v) is 9.68. The Morgan fingerprint density at radius 2 is 1.76 bits per heavy atom. The van der Waals surface area contributed by atoms with E-state index in [0.29, 0.717) is 24.7 Å². The molecule has 0 radical (unpaired) electrons. The number of carbonyl (C=O) groups excluding carboxylic acids is 1. The van der Waals surface area contributed by atoms with Crippen molar-refractivity contribution in [2.45, 2.75) is 26.3 Å². The second kappa shape index (κ2) is 10.2. The normalized spacial score (nSPS) is 10.4. The largest absolute Gasteiger partial charge is 0.497 e. The van der Waals surface area contributed by atoms with Crippen LogP contribution in [-0.2, 0) is 13.0 Å². The van der Waals surface area contributed by atoms with Crippen LogP contribution in [0, 0.1) is 6.92 Å². The zero-order chi connectivity index (χ0) is 20.5. The fourth-order valence-corrected chi connectivity index (χ4v) is 2.92. The van der Waals surface area contributed by atoms with Crippen LogP contribution in [-0.4, -0.2) is 29.5 Å². The van der Waals surface area contributed by atoms with Crippen LogP contribution in [0.1, 0.15) is 33.7 Å². The summed E-state index contributed by atoms with van der Waals surface area (Å²) in [5, 5.41) is 6.12. The van der Waals surface area contributed by atoms with Gasteiger partial charge < -0.3 is 15.4 Å². The van der Waals surface area contributed by atoms with Gasteiger partial charge in [0.15, 0.2) is 0 Å². The number of aromatic nitrogens is 2. The highest BCUT2D eigenvalue weighted by Crippen LogP contribution is 2.13. The highest BCUT2D eigenvalue weighted by molar-refractivity contribution is 5.92. The minimum absolute atomic E-state index is 0.184. The smallest absolute Gasteiger partial charge is 0.270 e. The molecule has 0 aliphatic heterocycles. The predicted molar refractivity (Wildman–Crippen MR) is 114 cm³/mol. The molecule has 0 saturated carbocycles. The van der Waals surface area contributed by atoms with Gasteiger partial charge in [-0.25, -0.2) is 9.97 Å². The Morgan fingerprint density at radius 3 is 2.48 bits per heavy atom. The number of aryl methyl sites for hydroxylation is 2. The van der Waals surface area contributed by atoms with Gasteiger partial charge in [0.2, 0.25) is 5.95 Å². The maximum absolute atomic E-state index is 12.5. The van der Waals surface area contributed by atoms with Crippen molar-refractivity contribution < 1.29 is 9.53 Å². The van der Waals surface area contributed by atoms with Gasteiger partial charge in [0.1, 0.15) is 11.4 Å². The third-order valence-electron chi connectivity index (χ3n) is 4.47. The van der Waals surface area contributed by atoms with Crippen LogP contribution in [0.3, 0.4) is 0 Å². The molecule has 1 aromatic heterocycles. The average Bonchev–Trinajstić information content (AvgIpc) is 2.76. The Hall–Kier alpha value is -3.41. The lowest BCUT2D eigenvalue weighted by molar-refractivity contribution is 0.0948. The minimum Gasteiger partial charge on any atom is -0.497 e. The number of methoxy groups -OCH3 is 1. The monoisotopic (exact) mass is 390 g/mol. The molecular formula is C23H26N4O2. The lowest BCUT2D eigenvalue weighted by atomic mass is 10.1. The van der Waals surface area contributed by atoms with Crippen LogP contribution < -0.4 is 15.4 Å². The number of ether oxygens (including phenoxy) is 1. The number of carbonyl (C=O) groups is 1. The Kier molecular flexibility index (Phi) is 7.16. The summed E-state index contributed by atoms with van der Waals surface area (Å²) in [5.74, 6) is 1.07. The van der Waals surface area contributed by atoms with Crippen molar-refractivity contribution in [2.24, 2.45) is 0 Å². The van der Waals surface area contributed by atoms with Crippen LogP contribution in [0.25, 0.3) is 0 Å². The van der Waals surface area contributed by atoms with Gasteiger partial charge in [-0.15, -0.1) is 0 Å². The number of benzene rings is 2. The summed E-state index contributed by atoms with van der Waals surface area (Å²) in [6, 6.07) is 19.7. The first kappa shape index (κ1) is 20.3. The van der Waals surface area contributed by atoms with Crippen molar-refractivity contribution in [3.05, 3.63) is 83.2 Å². The van der Waals surface area contributed by atoms with Crippen molar-refractivity contribution in [1.29, 1.82) is 0 Å². The molecule has 0 saturated heterocycles. The van der Waals surface area contributed by atoms with E-state index in [2.05, 4.69) is 32.7 Å². The topological polar surface area (TPSA) is 76.1 Å². The highest BCUT2D eigenvalue weighted by atomic mass is 16.5. The SMILES string of the molecule is COc1ccc(CNc2nc(C)cc(C(=O)NCCCc3ccccc3)n2)cc1. The molecule has 1 heterocycles. The van der Waals surface area contributed by atoms with Crippen LogP contribution in [0.5, 0.6) is 5.75 Å². The van der Waals surface area contributed by atoms with Gasteiger partial charge in [0.05, 0.1) is 7.11 Å². The van der Waals surface area contributed by atoms with Gasteiger partial charge in [0, 0.05) is 18.8 Å². The van der Waals surface area contributed by atoms with Gasteiger partial charge >= 0.3 is 0 Å². The molecule has 2 N–H and O–H groups in total. The molecule has 6 nitrogen and oxygen atoms in total. The molecule has 0 aliphatic carbocycles. The standard InChI is InChI=1S/C23H26N4O2/c1-17-15-21(22(28)24-14-6-9-18-7-4-3-5-8-18)27-23(26-17)25-16-19-10-12-20(29-2)13-11-19/h3-5,7-8,10-13,15H,6,9,14,16H2,1-2H3,(H,24,28)(H,25,26,27). The van der Waals surface area contributed by atoms with Crippen LogP contribution in [0.4, 0.5) is 5.95 Å². The van der Waals surface area contributed by atoms with Gasteiger partial charge in [-0.2, -0.15) is 0 Å². The van der Waals surface area contributed by atoms with Crippen LogP contribution in [0.15, 0.2) is 60.7 Å². The average molecular weight is 390 g/mol. The van der Waals surface area contributed by atoms with E-state index < -0.39 is 0 Å². The lowest BCUT2D eigenvalue weighted by Gasteiger charge is -2.09. The molecule has 1 amide bonds. The maximum atomic E-state index is 12.5. The lowest BCUT2D eigenvalue weighted by Crippen LogP contribution is -2.26. The number of rotatable bonds is 9. The van der Waals surface area contributed by atoms with Crippen LogP contribution in [0.2, 0.25) is 0 Å². The number of nitrogens with one attached hydrogen (secondary N) is 2. The van der Waals surface area contributed by atoms with E-state index in [1.54, 1.807) is 13.2 Å². The molecule has 6 heteroatoms. The third kappa shape index (κ3) is 6.31. The van der Waals surface area contributed by atoms with Crippen molar-refractivity contribution in [3.8, 4) is 5.75 Å². The van der Waals surface area contributed by atoms with E-state index in [1.807, 2.05) is 49.4 Å². The molecule has 0 bridgehead atoms. The van der Waals surface area contributed by atoms with Gasteiger partial charge in [-0.1, -0.05) is 42.5 Å². The number of amides is 1. The van der Waals surface area contributed by atoms with Gasteiger partial charge in [-0.05, 0) is 49.1 Å². The summed E-state index contributed by atoms with van der Waals surface area (Å²) in [5.41, 5.74) is 3.45. The van der Waals surface area contributed by atoms with Gasteiger partial charge in [-0.3, -0.25) is 4.79 Å². The first-order valence-electron chi connectivity index (χ1n) is 9.68. The molecule has 0 atom stereocenters. The fourth-order valence-electron chi connectivity index (χ4n) is 2.92. The maximum Gasteiger partial charge on any atom is 0.270 e. The number of hydrogen-bond donors (Lipinski definition) is 2. The van der Waals surface area contributed by atoms with E-state index in [4.69, 9.17) is 4.74 Å². The molecule has 29 heavy (non-hydrogen) atoms. The van der Waals surface area contributed by atoms with Crippen molar-refractivity contribution >= 4 is 11.9 Å². The molecule has 3 rings (SSSR count).